The second-order valence-corrected chi connectivity index (χ2v) is 5.97. The van der Waals surface area contributed by atoms with Crippen LogP contribution in [0, 0.1) is 11.3 Å². The summed E-state index contributed by atoms with van der Waals surface area (Å²) in [6.45, 7) is 2.04. The highest BCUT2D eigenvalue weighted by Gasteiger charge is 2.32. The van der Waals surface area contributed by atoms with Gasteiger partial charge in [-0.1, -0.05) is 36.4 Å². The Kier molecular flexibility index (Phi) is 5.18. The summed E-state index contributed by atoms with van der Waals surface area (Å²) < 4.78 is 5.30. The average molecular weight is 363 g/mol. The predicted octanol–water partition coefficient (Wildman–Crippen LogP) is 2.32. The van der Waals surface area contributed by atoms with Crippen LogP contribution in [0.25, 0.3) is 11.1 Å². The Bertz CT molecular complexity index is 948. The van der Waals surface area contributed by atoms with Crippen molar-refractivity contribution < 1.29 is 19.1 Å². The standard InChI is InChI=1S/C20H17N3O4/c1-13(18(24)23-11-10-22-20(23)26)27-19(25)17-9-5-4-8-16(17)15-7-3-2-6-14(15)12-21/h2-9,13H,10-11H2,1H3,(H,22,26)/t13-/m1/s1. The summed E-state index contributed by atoms with van der Waals surface area (Å²) in [5.74, 6) is -1.27. The van der Waals surface area contributed by atoms with E-state index >= 15 is 0 Å². The number of amides is 3. The monoisotopic (exact) mass is 363 g/mol. The highest BCUT2D eigenvalue weighted by molar-refractivity contribution is 6.01. The molecule has 3 amide bonds. The van der Waals surface area contributed by atoms with Gasteiger partial charge in [-0.25, -0.2) is 9.59 Å². The van der Waals surface area contributed by atoms with Crippen molar-refractivity contribution in [3.8, 4) is 17.2 Å². The van der Waals surface area contributed by atoms with E-state index in [2.05, 4.69) is 11.4 Å². The minimum Gasteiger partial charge on any atom is -0.449 e. The number of nitrogens with one attached hydrogen (secondary N) is 1. The van der Waals surface area contributed by atoms with Crippen LogP contribution in [-0.4, -0.2) is 42.0 Å². The molecule has 2 aromatic carbocycles. The second-order valence-electron chi connectivity index (χ2n) is 5.97. The fourth-order valence-corrected chi connectivity index (χ4v) is 2.89. The van der Waals surface area contributed by atoms with Gasteiger partial charge in [0.05, 0.1) is 17.2 Å². The Morgan fingerprint density at radius 1 is 1.15 bits per heavy atom. The Balaban J connectivity index is 1.85. The van der Waals surface area contributed by atoms with Crippen LogP contribution in [0.4, 0.5) is 4.79 Å². The van der Waals surface area contributed by atoms with Gasteiger partial charge in [-0.3, -0.25) is 9.69 Å². The van der Waals surface area contributed by atoms with E-state index in [1.807, 2.05) is 0 Å². The minimum atomic E-state index is -1.11. The molecule has 0 saturated carbocycles. The van der Waals surface area contributed by atoms with Crippen molar-refractivity contribution in [2.45, 2.75) is 13.0 Å². The number of benzene rings is 2. The van der Waals surface area contributed by atoms with Crippen molar-refractivity contribution in [2.24, 2.45) is 0 Å². The lowest BCUT2D eigenvalue weighted by Crippen LogP contribution is -2.41. The maximum absolute atomic E-state index is 12.7. The molecule has 0 unspecified atom stereocenters. The summed E-state index contributed by atoms with van der Waals surface area (Å²) in [5.41, 5.74) is 1.81. The number of hydrogen-bond donors (Lipinski definition) is 1. The zero-order chi connectivity index (χ0) is 19.4. The molecule has 1 saturated heterocycles. The summed E-state index contributed by atoms with van der Waals surface area (Å²) in [4.78, 5) is 37.6. The van der Waals surface area contributed by atoms with Crippen molar-refractivity contribution in [3.05, 3.63) is 59.7 Å². The van der Waals surface area contributed by atoms with Crippen molar-refractivity contribution in [2.75, 3.05) is 13.1 Å². The third-order valence-corrected chi connectivity index (χ3v) is 4.24. The largest absolute Gasteiger partial charge is 0.449 e. The van der Waals surface area contributed by atoms with Crippen molar-refractivity contribution >= 4 is 17.9 Å². The van der Waals surface area contributed by atoms with Crippen LogP contribution >= 0.6 is 0 Å². The zero-order valence-corrected chi connectivity index (χ0v) is 14.6. The van der Waals surface area contributed by atoms with E-state index < -0.39 is 24.0 Å². The van der Waals surface area contributed by atoms with Crippen LogP contribution in [-0.2, 0) is 9.53 Å². The highest BCUT2D eigenvalue weighted by Crippen LogP contribution is 2.27. The van der Waals surface area contributed by atoms with Crippen molar-refractivity contribution in [1.29, 1.82) is 5.26 Å². The fraction of sp³-hybridized carbons (Fsp3) is 0.200. The van der Waals surface area contributed by atoms with Gasteiger partial charge in [0.1, 0.15) is 0 Å². The van der Waals surface area contributed by atoms with Crippen LogP contribution in [0.5, 0.6) is 0 Å². The molecule has 7 heteroatoms. The lowest BCUT2D eigenvalue weighted by atomic mass is 9.96. The van der Waals surface area contributed by atoms with Gasteiger partial charge in [0.15, 0.2) is 6.10 Å². The van der Waals surface area contributed by atoms with Crippen molar-refractivity contribution in [1.82, 2.24) is 10.2 Å². The number of nitriles is 1. The van der Waals surface area contributed by atoms with E-state index in [1.54, 1.807) is 48.5 Å². The molecule has 2 aromatic rings. The summed E-state index contributed by atoms with van der Waals surface area (Å²) in [6, 6.07) is 15.3. The first-order valence-corrected chi connectivity index (χ1v) is 8.41. The third-order valence-electron chi connectivity index (χ3n) is 4.24. The van der Waals surface area contributed by atoms with Crippen LogP contribution in [0.3, 0.4) is 0 Å². The Morgan fingerprint density at radius 2 is 1.81 bits per heavy atom. The lowest BCUT2D eigenvalue weighted by molar-refractivity contribution is -0.136. The average Bonchev–Trinajstić information content (AvgIpc) is 3.13. The Morgan fingerprint density at radius 3 is 2.48 bits per heavy atom. The summed E-state index contributed by atoms with van der Waals surface area (Å²) >= 11 is 0. The fourth-order valence-electron chi connectivity index (χ4n) is 2.89. The molecule has 0 spiro atoms. The first-order valence-electron chi connectivity index (χ1n) is 8.41. The summed E-state index contributed by atoms with van der Waals surface area (Å²) in [6.07, 6.45) is -1.11. The topological polar surface area (TPSA) is 99.5 Å². The quantitative estimate of drug-likeness (QED) is 0.841. The molecule has 1 aliphatic rings. The number of carbonyl (C=O) groups excluding carboxylic acids is 3. The molecule has 1 atom stereocenters. The molecular weight excluding hydrogens is 346 g/mol. The molecule has 3 rings (SSSR count). The van der Waals surface area contributed by atoms with Gasteiger partial charge in [0.2, 0.25) is 0 Å². The second kappa shape index (κ2) is 7.70. The maximum atomic E-state index is 12.7. The van der Waals surface area contributed by atoms with E-state index in [1.165, 1.54) is 6.92 Å². The predicted molar refractivity (Wildman–Crippen MR) is 96.6 cm³/mol. The number of urea groups is 1. The molecule has 1 aliphatic heterocycles. The molecule has 7 nitrogen and oxygen atoms in total. The van der Waals surface area contributed by atoms with E-state index in [0.717, 1.165) is 4.90 Å². The molecule has 1 heterocycles. The number of hydrogen-bond acceptors (Lipinski definition) is 5. The lowest BCUT2D eigenvalue weighted by Gasteiger charge is -2.19. The van der Waals surface area contributed by atoms with Gasteiger partial charge in [-0.15, -0.1) is 0 Å². The molecule has 0 aromatic heterocycles. The first kappa shape index (κ1) is 18.1. The molecule has 0 aliphatic carbocycles. The van der Waals surface area contributed by atoms with Crippen LogP contribution in [0.1, 0.15) is 22.8 Å². The highest BCUT2D eigenvalue weighted by atomic mass is 16.5. The van der Waals surface area contributed by atoms with Gasteiger partial charge in [0, 0.05) is 18.7 Å². The van der Waals surface area contributed by atoms with Gasteiger partial charge in [0.25, 0.3) is 5.91 Å². The van der Waals surface area contributed by atoms with Gasteiger partial charge in [-0.2, -0.15) is 5.26 Å². The van der Waals surface area contributed by atoms with E-state index in [9.17, 15) is 19.6 Å². The van der Waals surface area contributed by atoms with Gasteiger partial charge < -0.3 is 10.1 Å². The van der Waals surface area contributed by atoms with Gasteiger partial charge in [-0.05, 0) is 24.6 Å². The number of carbonyl (C=O) groups is 3. The van der Waals surface area contributed by atoms with Crippen molar-refractivity contribution in [3.63, 3.8) is 0 Å². The SMILES string of the molecule is C[C@@H](OC(=O)c1ccccc1-c1ccccc1C#N)C(=O)N1CCNC1=O. The molecule has 1 fully saturated rings. The van der Waals surface area contributed by atoms with E-state index in [4.69, 9.17) is 4.74 Å². The normalized spacial score (nSPS) is 14.2. The molecule has 1 N–H and O–H groups in total. The summed E-state index contributed by atoms with van der Waals surface area (Å²) in [7, 11) is 0. The minimum absolute atomic E-state index is 0.241. The number of ether oxygens (including phenoxy) is 1. The first-order chi connectivity index (χ1) is 13.0. The molecule has 0 bridgehead atoms. The number of nitrogens with zero attached hydrogens (tertiary/aromatic N) is 2. The maximum Gasteiger partial charge on any atom is 0.339 e. The van der Waals surface area contributed by atoms with Crippen LogP contribution in [0.15, 0.2) is 48.5 Å². The number of rotatable bonds is 4. The molecule has 27 heavy (non-hydrogen) atoms. The molecule has 0 radical (unpaired) electrons. The molecule has 136 valence electrons. The van der Waals surface area contributed by atoms with Crippen LogP contribution in [0.2, 0.25) is 0 Å². The third kappa shape index (κ3) is 3.65. The van der Waals surface area contributed by atoms with E-state index in [0.29, 0.717) is 23.2 Å². The van der Waals surface area contributed by atoms with Crippen LogP contribution < -0.4 is 5.32 Å². The number of imide groups is 1. The Hall–Kier alpha value is -3.66. The summed E-state index contributed by atoms with van der Waals surface area (Å²) in [5, 5.41) is 11.8. The van der Waals surface area contributed by atoms with Gasteiger partial charge >= 0.3 is 12.0 Å². The molecular formula is C20H17N3O4. The smallest absolute Gasteiger partial charge is 0.339 e. The number of esters is 1. The zero-order valence-electron chi connectivity index (χ0n) is 14.6. The van der Waals surface area contributed by atoms with E-state index in [-0.39, 0.29) is 12.1 Å². The Labute approximate surface area is 156 Å².